The Morgan fingerprint density at radius 1 is 0.618 bits per heavy atom. The van der Waals surface area contributed by atoms with Gasteiger partial charge in [0.15, 0.2) is 0 Å². The summed E-state index contributed by atoms with van der Waals surface area (Å²) in [6, 6.07) is 55.2. The van der Waals surface area contributed by atoms with Crippen LogP contribution in [-0.2, 0) is 5.41 Å². The zero-order valence-electron chi connectivity index (χ0n) is 30.1. The summed E-state index contributed by atoms with van der Waals surface area (Å²) in [5.41, 5.74) is 17.8. The minimum atomic E-state index is -0.487. The van der Waals surface area contributed by atoms with Gasteiger partial charge in [0, 0.05) is 57.6 Å². The monoisotopic (exact) mass is 704 g/mol. The van der Waals surface area contributed by atoms with Gasteiger partial charge in [-0.15, -0.1) is 0 Å². The molecule has 0 fully saturated rings. The molecule has 0 radical (unpaired) electrons. The first-order valence-electron chi connectivity index (χ1n) is 18.6. The second-order valence-electron chi connectivity index (χ2n) is 14.4. The molecule has 0 atom stereocenters. The summed E-state index contributed by atoms with van der Waals surface area (Å²) < 4.78 is 8.96. The van der Waals surface area contributed by atoms with Crippen LogP contribution in [0.15, 0.2) is 164 Å². The van der Waals surface area contributed by atoms with E-state index in [2.05, 4.69) is 179 Å². The third-order valence-electron chi connectivity index (χ3n) is 11.8. The topological polar surface area (TPSA) is 60.7 Å². The molecule has 0 saturated heterocycles. The van der Waals surface area contributed by atoms with Gasteiger partial charge in [-0.25, -0.2) is 0 Å². The highest BCUT2D eigenvalue weighted by Crippen LogP contribution is 2.58. The van der Waals surface area contributed by atoms with E-state index in [0.717, 1.165) is 45.0 Å². The lowest BCUT2D eigenvalue weighted by Crippen LogP contribution is -2.28. The molecule has 0 bridgehead atoms. The number of aromatic nitrogens is 3. The van der Waals surface area contributed by atoms with Crippen molar-refractivity contribution in [2.24, 2.45) is 0 Å². The van der Waals surface area contributed by atoms with E-state index >= 15 is 0 Å². The second-order valence-corrected chi connectivity index (χ2v) is 14.4. The van der Waals surface area contributed by atoms with Crippen LogP contribution in [0.25, 0.3) is 55.4 Å². The quantitative estimate of drug-likeness (QED) is 0.136. The number of hydrogen-bond acceptors (Lipinski definition) is 2. The highest BCUT2D eigenvalue weighted by Gasteiger charge is 2.47. The van der Waals surface area contributed by atoms with Crippen LogP contribution in [0.2, 0.25) is 0 Å². The summed E-state index contributed by atoms with van der Waals surface area (Å²) in [4.78, 5) is 4.72. The molecule has 1 aliphatic carbocycles. The zero-order chi connectivity index (χ0) is 36.7. The van der Waals surface area contributed by atoms with Crippen molar-refractivity contribution in [3.8, 4) is 33.6 Å². The highest BCUT2D eigenvalue weighted by atomic mass is 15.0. The van der Waals surface area contributed by atoms with Crippen molar-refractivity contribution in [2.75, 3.05) is 0 Å². The number of fused-ring (bicyclic) bond motifs is 8. The summed E-state index contributed by atoms with van der Waals surface area (Å²) in [5, 5.41) is 10.4. The molecule has 0 amide bonds. The van der Waals surface area contributed by atoms with Crippen molar-refractivity contribution in [3.63, 3.8) is 0 Å². The Kier molecular flexibility index (Phi) is 6.72. The van der Waals surface area contributed by atoms with E-state index in [1.54, 1.807) is 0 Å². The van der Waals surface area contributed by atoms with Gasteiger partial charge in [-0.1, -0.05) is 114 Å². The van der Waals surface area contributed by atoms with E-state index in [-0.39, 0.29) is 0 Å². The standard InChI is InChI=1S/C50H34N5/c1-32-40(28-51)41-29-53-31-47(41)54(32)37-20-16-33(17-21-37)34-18-22-38(23-19-34)55-45-15-9-8-14-39(45)49-46(55)25-24-44-48(49)42-30-52-27-26-43(42)50(44,35-10-4-2-5-11-35)36-12-6-3-7-13-36/h2-31,51H,1H3/q+1. The molecule has 6 aromatic carbocycles. The number of para-hydroxylation sites is 1. The minimum Gasteiger partial charge on any atom is -0.309 e. The molecule has 0 spiro atoms. The van der Waals surface area contributed by atoms with Gasteiger partial charge in [0.05, 0.1) is 22.0 Å². The normalized spacial score (nSPS) is 13.3. The molecule has 1 aliphatic heterocycles. The summed E-state index contributed by atoms with van der Waals surface area (Å²) in [5.74, 6) is 0. The Morgan fingerprint density at radius 3 is 1.93 bits per heavy atom. The van der Waals surface area contributed by atoms with E-state index in [0.29, 0.717) is 0 Å². The average Bonchev–Trinajstić information content (AvgIpc) is 3.99. The van der Waals surface area contributed by atoms with Crippen LogP contribution in [0.1, 0.15) is 44.8 Å². The van der Waals surface area contributed by atoms with Crippen molar-refractivity contribution >= 4 is 40.4 Å². The summed E-state index contributed by atoms with van der Waals surface area (Å²) in [6.45, 7) is 2.06. The fourth-order valence-electron chi connectivity index (χ4n) is 9.48. The molecule has 0 unspecified atom stereocenters. The van der Waals surface area contributed by atoms with E-state index < -0.39 is 5.41 Å². The lowest BCUT2D eigenvalue weighted by atomic mass is 9.68. The number of nitrogens with one attached hydrogen (secondary N) is 1. The van der Waals surface area contributed by atoms with Crippen LogP contribution in [-0.4, -0.2) is 32.8 Å². The molecule has 55 heavy (non-hydrogen) atoms. The Labute approximate surface area is 318 Å². The van der Waals surface area contributed by atoms with E-state index in [9.17, 15) is 0 Å². The van der Waals surface area contributed by atoms with Gasteiger partial charge in [-0.3, -0.25) is 4.98 Å². The number of rotatable bonds is 6. The van der Waals surface area contributed by atoms with Gasteiger partial charge in [-0.2, -0.15) is 0 Å². The summed E-state index contributed by atoms with van der Waals surface area (Å²) in [7, 11) is 0. The predicted molar refractivity (Wildman–Crippen MR) is 226 cm³/mol. The predicted octanol–water partition coefficient (Wildman–Crippen LogP) is 10.2. The smallest absolute Gasteiger partial charge is 0.309 e. The molecule has 3 aromatic heterocycles. The molecule has 2 aliphatic rings. The molecular weight excluding hydrogens is 671 g/mol. The van der Waals surface area contributed by atoms with E-state index in [1.807, 2.05) is 18.6 Å². The van der Waals surface area contributed by atoms with Crippen molar-refractivity contribution in [3.05, 3.63) is 209 Å². The first kappa shape index (κ1) is 31.2. The lowest BCUT2D eigenvalue weighted by Gasteiger charge is -2.33. The van der Waals surface area contributed by atoms with Gasteiger partial charge in [0.25, 0.3) is 0 Å². The van der Waals surface area contributed by atoms with Crippen molar-refractivity contribution in [1.29, 1.82) is 5.41 Å². The second kappa shape index (κ2) is 11.8. The first-order valence-corrected chi connectivity index (χ1v) is 18.6. The van der Waals surface area contributed by atoms with Crippen molar-refractivity contribution in [1.82, 2.24) is 18.8 Å². The maximum Gasteiger partial charge on any atom is 0.317 e. The third kappa shape index (κ3) is 4.27. The van der Waals surface area contributed by atoms with Gasteiger partial charge in [0.1, 0.15) is 5.69 Å². The number of benzene rings is 6. The Morgan fingerprint density at radius 2 is 1.25 bits per heavy atom. The zero-order valence-corrected chi connectivity index (χ0v) is 30.1. The molecule has 11 rings (SSSR count). The van der Waals surface area contributed by atoms with Crippen LogP contribution in [0.3, 0.4) is 0 Å². The SMILES string of the molecule is Cc1c(C=N)c2c(n1-c1ccc(-c3ccc(-n4c5ccccc5c5c6c(ccc54)C(c4ccccc4)(c4ccccc4)c4ccncc4-6)cc3)cc1)C=[N+]=C2. The van der Waals surface area contributed by atoms with Gasteiger partial charge >= 0.3 is 12.4 Å². The van der Waals surface area contributed by atoms with Crippen LogP contribution in [0, 0.1) is 12.3 Å². The minimum absolute atomic E-state index is 0.487. The van der Waals surface area contributed by atoms with Crippen molar-refractivity contribution < 1.29 is 0 Å². The fraction of sp³-hybridized carbons (Fsp3) is 0.0400. The Hall–Kier alpha value is -7.33. The molecule has 1 N–H and O–H groups in total. The lowest BCUT2D eigenvalue weighted by molar-refractivity contribution is 0.767. The fourth-order valence-corrected chi connectivity index (χ4v) is 9.48. The Balaban J connectivity index is 1.06. The number of pyridine rings is 1. The van der Waals surface area contributed by atoms with Crippen LogP contribution in [0.5, 0.6) is 0 Å². The molecular formula is C50H34N5+. The van der Waals surface area contributed by atoms with Crippen LogP contribution in [0.4, 0.5) is 0 Å². The maximum absolute atomic E-state index is 7.96. The molecule has 258 valence electrons. The summed E-state index contributed by atoms with van der Waals surface area (Å²) in [6.07, 6.45) is 9.16. The molecule has 0 saturated carbocycles. The Bertz CT molecular complexity index is 3030. The highest BCUT2D eigenvalue weighted by molar-refractivity contribution is 6.18. The largest absolute Gasteiger partial charge is 0.317 e. The molecule has 5 nitrogen and oxygen atoms in total. The van der Waals surface area contributed by atoms with Gasteiger partial charge in [-0.05, 0) is 88.3 Å². The van der Waals surface area contributed by atoms with E-state index in [1.165, 1.54) is 61.4 Å². The number of hydrogen-bond donors (Lipinski definition) is 1. The molecule has 4 heterocycles. The molecule has 9 aromatic rings. The van der Waals surface area contributed by atoms with E-state index in [4.69, 9.17) is 10.4 Å². The van der Waals surface area contributed by atoms with Gasteiger partial charge in [0.2, 0.25) is 0 Å². The third-order valence-corrected chi connectivity index (χ3v) is 11.8. The van der Waals surface area contributed by atoms with Gasteiger partial charge < -0.3 is 14.5 Å². The first-order chi connectivity index (χ1) is 27.2. The average molecular weight is 705 g/mol. The molecule has 5 heteroatoms. The maximum atomic E-state index is 7.96. The van der Waals surface area contributed by atoms with Crippen molar-refractivity contribution in [2.45, 2.75) is 12.3 Å². The summed E-state index contributed by atoms with van der Waals surface area (Å²) >= 11 is 0. The van der Waals surface area contributed by atoms with Crippen LogP contribution < -0.4 is 4.67 Å². The van der Waals surface area contributed by atoms with Crippen LogP contribution >= 0.6 is 0 Å². The number of nitrogens with zero attached hydrogens (tertiary/aromatic N) is 4.